The number of aromatic nitrogens is 1. The number of nitrogens with two attached hydrogens (primary N) is 1. The van der Waals surface area contributed by atoms with Crippen molar-refractivity contribution < 1.29 is 14.3 Å². The second kappa shape index (κ2) is 6.60. The van der Waals surface area contributed by atoms with Crippen molar-refractivity contribution in [2.45, 2.75) is 20.0 Å². The Morgan fingerprint density at radius 1 is 1.40 bits per heavy atom. The molecule has 0 saturated heterocycles. The predicted octanol–water partition coefficient (Wildman–Crippen LogP) is 2.38. The Bertz CT molecular complexity index is 856. The Hall–Kier alpha value is -2.80. The van der Waals surface area contributed by atoms with Gasteiger partial charge in [-0.2, -0.15) is 0 Å². The van der Waals surface area contributed by atoms with E-state index in [1.165, 1.54) is 4.90 Å². The van der Waals surface area contributed by atoms with Crippen molar-refractivity contribution in [3.8, 4) is 5.75 Å². The summed E-state index contributed by atoms with van der Waals surface area (Å²) in [6.45, 7) is 3.28. The molecule has 2 heterocycles. The van der Waals surface area contributed by atoms with Crippen molar-refractivity contribution in [2.24, 2.45) is 0 Å². The highest BCUT2D eigenvalue weighted by molar-refractivity contribution is 6.31. The van der Waals surface area contributed by atoms with Crippen molar-refractivity contribution in [3.63, 3.8) is 0 Å². The van der Waals surface area contributed by atoms with Crippen LogP contribution in [-0.4, -0.2) is 29.4 Å². The molecule has 1 unspecified atom stereocenters. The van der Waals surface area contributed by atoms with E-state index in [0.717, 1.165) is 5.56 Å². The van der Waals surface area contributed by atoms with E-state index < -0.39 is 6.10 Å². The number of pyridine rings is 1. The molecule has 130 valence electrons. The van der Waals surface area contributed by atoms with E-state index in [1.807, 2.05) is 6.92 Å². The first-order valence-electron chi connectivity index (χ1n) is 7.65. The number of amides is 2. The number of ether oxygens (including phenoxy) is 1. The van der Waals surface area contributed by atoms with E-state index >= 15 is 0 Å². The summed E-state index contributed by atoms with van der Waals surface area (Å²) in [4.78, 5) is 30.2. The molecule has 0 saturated carbocycles. The maximum Gasteiger partial charge on any atom is 0.269 e. The maximum atomic E-state index is 12.4. The Labute approximate surface area is 149 Å². The van der Waals surface area contributed by atoms with E-state index in [-0.39, 0.29) is 30.0 Å². The Kier molecular flexibility index (Phi) is 4.50. The maximum absolute atomic E-state index is 12.4. The molecule has 3 N–H and O–H groups in total. The average molecular weight is 361 g/mol. The molecule has 2 amide bonds. The lowest BCUT2D eigenvalue weighted by Gasteiger charge is -2.31. The van der Waals surface area contributed by atoms with Crippen LogP contribution in [0.3, 0.4) is 0 Å². The van der Waals surface area contributed by atoms with Crippen LogP contribution in [0.2, 0.25) is 5.02 Å². The number of benzene rings is 1. The van der Waals surface area contributed by atoms with Gasteiger partial charge in [-0.05, 0) is 43.7 Å². The molecule has 2 aromatic rings. The SMILES string of the molecule is Cc1ccc(NC(=O)CN2C(=O)C(C)Oc3ccc(N)nc32)cc1Cl. The van der Waals surface area contributed by atoms with Gasteiger partial charge in [-0.1, -0.05) is 17.7 Å². The Morgan fingerprint density at radius 2 is 2.16 bits per heavy atom. The first kappa shape index (κ1) is 17.0. The molecule has 0 aliphatic carbocycles. The molecule has 1 aliphatic rings. The van der Waals surface area contributed by atoms with Gasteiger partial charge in [0.1, 0.15) is 12.4 Å². The van der Waals surface area contributed by atoms with Crippen molar-refractivity contribution in [1.82, 2.24) is 4.98 Å². The standard InChI is InChI=1S/C17H17ClN4O3/c1-9-3-4-11(7-12(9)18)20-15(23)8-22-16-13(5-6-14(19)21-16)25-10(2)17(22)24/h3-7,10H,8H2,1-2H3,(H2,19,21)(H,20,23). The average Bonchev–Trinajstić information content (AvgIpc) is 2.56. The fourth-order valence-corrected chi connectivity index (χ4v) is 2.65. The zero-order chi connectivity index (χ0) is 18.1. The summed E-state index contributed by atoms with van der Waals surface area (Å²) in [6.07, 6.45) is -0.709. The summed E-state index contributed by atoms with van der Waals surface area (Å²) in [5.41, 5.74) is 7.15. The van der Waals surface area contributed by atoms with Gasteiger partial charge in [0.25, 0.3) is 5.91 Å². The highest BCUT2D eigenvalue weighted by atomic mass is 35.5. The van der Waals surface area contributed by atoms with Crippen LogP contribution in [-0.2, 0) is 9.59 Å². The van der Waals surface area contributed by atoms with Gasteiger partial charge >= 0.3 is 0 Å². The fourth-order valence-electron chi connectivity index (χ4n) is 2.47. The first-order valence-corrected chi connectivity index (χ1v) is 8.03. The Balaban J connectivity index is 1.81. The third kappa shape index (κ3) is 3.51. The lowest BCUT2D eigenvalue weighted by atomic mass is 10.2. The number of anilines is 3. The number of fused-ring (bicyclic) bond motifs is 1. The minimum absolute atomic E-state index is 0.207. The second-order valence-corrected chi connectivity index (χ2v) is 6.16. The molecule has 0 fully saturated rings. The van der Waals surface area contributed by atoms with Gasteiger partial charge in [0.2, 0.25) is 5.91 Å². The van der Waals surface area contributed by atoms with Gasteiger partial charge in [0.15, 0.2) is 17.7 Å². The lowest BCUT2D eigenvalue weighted by Crippen LogP contribution is -2.48. The number of nitrogens with one attached hydrogen (secondary N) is 1. The number of carbonyl (C=O) groups is 2. The predicted molar refractivity (Wildman–Crippen MR) is 95.9 cm³/mol. The van der Waals surface area contributed by atoms with Gasteiger partial charge < -0.3 is 15.8 Å². The number of hydrogen-bond donors (Lipinski definition) is 2. The topological polar surface area (TPSA) is 97.5 Å². The minimum atomic E-state index is -0.709. The van der Waals surface area contributed by atoms with Gasteiger partial charge in [-0.3, -0.25) is 14.5 Å². The highest BCUT2D eigenvalue weighted by Gasteiger charge is 2.34. The summed E-state index contributed by atoms with van der Waals surface area (Å²) in [5, 5.41) is 3.27. The second-order valence-electron chi connectivity index (χ2n) is 5.75. The van der Waals surface area contributed by atoms with E-state index in [9.17, 15) is 9.59 Å². The number of carbonyl (C=O) groups excluding carboxylic acids is 2. The van der Waals surface area contributed by atoms with Crippen molar-refractivity contribution in [2.75, 3.05) is 22.5 Å². The van der Waals surface area contributed by atoms with Crippen LogP contribution in [0.4, 0.5) is 17.3 Å². The third-order valence-electron chi connectivity index (χ3n) is 3.79. The number of nitrogen functional groups attached to an aromatic ring is 1. The summed E-state index contributed by atoms with van der Waals surface area (Å²) in [5.74, 6) is 0.147. The van der Waals surface area contributed by atoms with Crippen molar-refractivity contribution in [1.29, 1.82) is 0 Å². The van der Waals surface area contributed by atoms with E-state index in [2.05, 4.69) is 10.3 Å². The van der Waals surface area contributed by atoms with Crippen molar-refractivity contribution >= 4 is 40.7 Å². The molecular weight excluding hydrogens is 344 g/mol. The molecule has 1 atom stereocenters. The monoisotopic (exact) mass is 360 g/mol. The molecule has 3 rings (SSSR count). The van der Waals surface area contributed by atoms with Gasteiger partial charge in [0, 0.05) is 10.7 Å². The molecule has 0 spiro atoms. The summed E-state index contributed by atoms with van der Waals surface area (Å²) in [7, 11) is 0. The number of halogens is 1. The molecule has 7 nitrogen and oxygen atoms in total. The van der Waals surface area contributed by atoms with E-state index in [4.69, 9.17) is 22.1 Å². The van der Waals surface area contributed by atoms with Crippen LogP contribution in [0, 0.1) is 6.92 Å². The number of rotatable bonds is 3. The molecule has 25 heavy (non-hydrogen) atoms. The summed E-state index contributed by atoms with van der Waals surface area (Å²) >= 11 is 6.06. The normalized spacial score (nSPS) is 16.2. The number of hydrogen-bond acceptors (Lipinski definition) is 5. The Morgan fingerprint density at radius 3 is 2.88 bits per heavy atom. The molecule has 1 aliphatic heterocycles. The third-order valence-corrected chi connectivity index (χ3v) is 4.20. The smallest absolute Gasteiger partial charge is 0.269 e. The largest absolute Gasteiger partial charge is 0.477 e. The van der Waals surface area contributed by atoms with Crippen LogP contribution in [0.1, 0.15) is 12.5 Å². The van der Waals surface area contributed by atoms with Crippen molar-refractivity contribution in [3.05, 3.63) is 40.9 Å². The van der Waals surface area contributed by atoms with Gasteiger partial charge in [0.05, 0.1) is 0 Å². The minimum Gasteiger partial charge on any atom is -0.477 e. The van der Waals surface area contributed by atoms with Crippen LogP contribution < -0.4 is 20.7 Å². The fraction of sp³-hybridized carbons (Fsp3) is 0.235. The molecule has 0 bridgehead atoms. The van der Waals surface area contributed by atoms with Crippen LogP contribution in [0.5, 0.6) is 5.75 Å². The summed E-state index contributed by atoms with van der Waals surface area (Å²) < 4.78 is 5.50. The zero-order valence-electron chi connectivity index (χ0n) is 13.7. The molecule has 1 aromatic carbocycles. The lowest BCUT2D eigenvalue weighted by molar-refractivity contribution is -0.127. The van der Waals surface area contributed by atoms with Crippen LogP contribution in [0.15, 0.2) is 30.3 Å². The number of nitrogens with zero attached hydrogens (tertiary/aromatic N) is 2. The molecule has 0 radical (unpaired) electrons. The highest BCUT2D eigenvalue weighted by Crippen LogP contribution is 2.32. The number of aryl methyl sites for hydroxylation is 1. The zero-order valence-corrected chi connectivity index (χ0v) is 14.5. The summed E-state index contributed by atoms with van der Waals surface area (Å²) in [6, 6.07) is 8.41. The molecule has 1 aromatic heterocycles. The molecular formula is C17H17ClN4O3. The van der Waals surface area contributed by atoms with Crippen LogP contribution >= 0.6 is 11.6 Å². The molecule has 8 heteroatoms. The first-order chi connectivity index (χ1) is 11.8. The van der Waals surface area contributed by atoms with E-state index in [0.29, 0.717) is 16.5 Å². The van der Waals surface area contributed by atoms with Gasteiger partial charge in [-0.15, -0.1) is 0 Å². The van der Waals surface area contributed by atoms with Crippen LogP contribution in [0.25, 0.3) is 0 Å². The quantitative estimate of drug-likeness (QED) is 0.875. The van der Waals surface area contributed by atoms with Gasteiger partial charge in [-0.25, -0.2) is 4.98 Å². The van der Waals surface area contributed by atoms with E-state index in [1.54, 1.807) is 37.3 Å².